The fourth-order valence-corrected chi connectivity index (χ4v) is 13.1. The fourth-order valence-electron chi connectivity index (χ4n) is 13.1. The van der Waals surface area contributed by atoms with E-state index in [1.54, 1.807) is 0 Å². The van der Waals surface area contributed by atoms with Crippen LogP contribution in [0.15, 0.2) is 224 Å². The van der Waals surface area contributed by atoms with Gasteiger partial charge in [0, 0.05) is 38.2 Å². The van der Waals surface area contributed by atoms with Gasteiger partial charge in [0.05, 0.1) is 51.4 Å². The molecule has 14 aromatic rings. The summed E-state index contributed by atoms with van der Waals surface area (Å²) in [6.07, 6.45) is 0. The quantitative estimate of drug-likeness (QED) is 0.135. The number of rotatable bonds is 9. The van der Waals surface area contributed by atoms with Crippen molar-refractivity contribution in [1.29, 1.82) is 0 Å². The highest BCUT2D eigenvalue weighted by molar-refractivity contribution is 6.14. The summed E-state index contributed by atoms with van der Waals surface area (Å²) in [7, 11) is 0. The van der Waals surface area contributed by atoms with E-state index in [4.69, 9.17) is 16.5 Å². The van der Waals surface area contributed by atoms with Crippen LogP contribution in [0.25, 0.3) is 138 Å². The summed E-state index contributed by atoms with van der Waals surface area (Å²) in [6, 6.07) is 81.8. The smallest absolute Gasteiger partial charge is 0.200 e. The van der Waals surface area contributed by atoms with Crippen LogP contribution in [-0.2, 0) is 0 Å². The van der Waals surface area contributed by atoms with Crippen molar-refractivity contribution in [3.63, 3.8) is 0 Å². The second-order valence-electron chi connectivity index (χ2n) is 23.3. The molecule has 0 aliphatic carbocycles. The van der Waals surface area contributed by atoms with Gasteiger partial charge in [-0.05, 0) is 167 Å². The van der Waals surface area contributed by atoms with Crippen LogP contribution in [0.1, 0.15) is 44.5 Å². The van der Waals surface area contributed by atoms with Gasteiger partial charge < -0.3 is 9.13 Å². The first-order chi connectivity index (χ1) is 40.8. The Morgan fingerprint density at radius 3 is 0.881 bits per heavy atom. The Hall–Kier alpha value is -10.4. The minimum absolute atomic E-state index is 0.446. The lowest BCUT2D eigenvalue weighted by atomic mass is 9.97. The van der Waals surface area contributed by atoms with E-state index in [0.717, 1.165) is 99.8 Å². The lowest BCUT2D eigenvalue weighted by Gasteiger charge is -2.20. The van der Waals surface area contributed by atoms with Crippen LogP contribution in [0.4, 0.5) is 5.69 Å². The third-order valence-corrected chi connectivity index (χ3v) is 16.6. The first kappa shape index (κ1) is 51.7. The molecule has 0 N–H and O–H groups in total. The number of aromatic nitrogens is 4. The summed E-state index contributed by atoms with van der Waals surface area (Å²) in [5.41, 5.74) is 29.6. The molecule has 0 aliphatic heterocycles. The maximum Gasteiger partial charge on any atom is 0.200 e. The molecule has 84 heavy (non-hydrogen) atoms. The highest BCUT2D eigenvalue weighted by atomic mass is 15.1. The number of fused-ring (bicyclic) bond motifs is 6. The number of nitrogens with zero attached hydrogens (tertiary/aromatic N) is 5. The Morgan fingerprint density at radius 1 is 0.286 bits per heavy atom. The largest absolute Gasteiger partial charge is 0.308 e. The van der Waals surface area contributed by atoms with Gasteiger partial charge in [0.2, 0.25) is 0 Å². The minimum atomic E-state index is 0.446. The molecule has 0 fully saturated rings. The minimum Gasteiger partial charge on any atom is -0.308 e. The molecular formula is C79H61N5. The van der Waals surface area contributed by atoms with Gasteiger partial charge in [-0.15, -0.1) is 0 Å². The molecule has 0 amide bonds. The van der Waals surface area contributed by atoms with E-state index < -0.39 is 0 Å². The Bertz CT molecular complexity index is 4690. The molecule has 0 spiro atoms. The Labute approximate surface area is 491 Å². The molecule has 0 radical (unpaired) electrons. The molecule has 402 valence electrons. The van der Waals surface area contributed by atoms with E-state index in [0.29, 0.717) is 17.1 Å². The molecule has 0 saturated heterocycles. The zero-order chi connectivity index (χ0) is 57.5. The molecule has 0 bridgehead atoms. The molecule has 0 saturated carbocycles. The van der Waals surface area contributed by atoms with Gasteiger partial charge in [-0.3, -0.25) is 0 Å². The lowest BCUT2D eigenvalue weighted by Crippen LogP contribution is -2.05. The normalized spacial score (nSPS) is 11.6. The predicted octanol–water partition coefficient (Wildman–Crippen LogP) is 21.4. The van der Waals surface area contributed by atoms with Crippen LogP contribution in [0.5, 0.6) is 0 Å². The molecule has 0 unspecified atom stereocenters. The molecule has 3 heterocycles. The monoisotopic (exact) mass is 1080 g/mol. The van der Waals surface area contributed by atoms with Crippen molar-refractivity contribution in [1.82, 2.24) is 19.1 Å². The Morgan fingerprint density at radius 2 is 0.583 bits per heavy atom. The van der Waals surface area contributed by atoms with Crippen molar-refractivity contribution >= 4 is 49.3 Å². The van der Waals surface area contributed by atoms with Crippen molar-refractivity contribution in [2.45, 2.75) is 55.4 Å². The van der Waals surface area contributed by atoms with Crippen LogP contribution in [0.3, 0.4) is 0 Å². The third-order valence-electron chi connectivity index (χ3n) is 16.6. The molecule has 3 aromatic heterocycles. The van der Waals surface area contributed by atoms with Crippen molar-refractivity contribution in [2.24, 2.45) is 0 Å². The molecule has 0 aliphatic rings. The SMILES string of the molecule is [C-]#[N+]c1cc(-n2c3ccc(-c4cc(C)cc(C)c4)cc3c3cc(-c4cc(C)cc(C)c4)ccc32)c(-n2c3ccc(-c4cc(C)cc(C)c4)cc3c3cc(-c4cc(C)cc(C)c4)ccc32)cc1-c1nc(-c2ccccc2)cc(-c2ccccc2)n1. The number of benzene rings is 11. The highest BCUT2D eigenvalue weighted by Gasteiger charge is 2.25. The number of hydrogen-bond acceptors (Lipinski definition) is 2. The predicted molar refractivity (Wildman–Crippen MR) is 353 cm³/mol. The first-order valence-corrected chi connectivity index (χ1v) is 28.9. The van der Waals surface area contributed by atoms with Crippen molar-refractivity contribution in [2.75, 3.05) is 0 Å². The summed E-state index contributed by atoms with van der Waals surface area (Å²) < 4.78 is 4.83. The molecule has 5 heteroatoms. The van der Waals surface area contributed by atoms with Crippen LogP contribution in [0.2, 0.25) is 0 Å². The first-order valence-electron chi connectivity index (χ1n) is 28.9. The summed E-state index contributed by atoms with van der Waals surface area (Å²) in [6.45, 7) is 26.6. The molecule has 14 rings (SSSR count). The van der Waals surface area contributed by atoms with Crippen molar-refractivity contribution in [3.05, 3.63) is 280 Å². The van der Waals surface area contributed by atoms with Gasteiger partial charge in [-0.2, -0.15) is 0 Å². The van der Waals surface area contributed by atoms with Crippen LogP contribution >= 0.6 is 0 Å². The summed E-state index contributed by atoms with van der Waals surface area (Å²) in [5, 5.41) is 4.50. The Kier molecular flexibility index (Phi) is 12.6. The van der Waals surface area contributed by atoms with Gasteiger partial charge in [0.15, 0.2) is 5.69 Å². The second-order valence-corrected chi connectivity index (χ2v) is 23.3. The maximum absolute atomic E-state index is 9.16. The zero-order valence-corrected chi connectivity index (χ0v) is 48.6. The molecule has 5 nitrogen and oxygen atoms in total. The van der Waals surface area contributed by atoms with E-state index in [9.17, 15) is 0 Å². The van der Waals surface area contributed by atoms with Crippen molar-refractivity contribution in [3.8, 4) is 89.8 Å². The second kappa shape index (κ2) is 20.5. The summed E-state index contributed by atoms with van der Waals surface area (Å²) >= 11 is 0. The van der Waals surface area contributed by atoms with Crippen LogP contribution in [-0.4, -0.2) is 19.1 Å². The summed E-state index contributed by atoms with van der Waals surface area (Å²) in [4.78, 5) is 15.2. The highest BCUT2D eigenvalue weighted by Crippen LogP contribution is 2.46. The van der Waals surface area contributed by atoms with Crippen molar-refractivity contribution < 1.29 is 0 Å². The average molecular weight is 1080 g/mol. The average Bonchev–Trinajstić information content (AvgIpc) is 1.94. The Balaban J connectivity index is 1.12. The topological polar surface area (TPSA) is 40.0 Å². The van der Waals surface area contributed by atoms with Crippen LogP contribution in [0, 0.1) is 62.0 Å². The van der Waals surface area contributed by atoms with Gasteiger partial charge in [0.1, 0.15) is 5.82 Å². The van der Waals surface area contributed by atoms with E-state index in [1.165, 1.54) is 66.8 Å². The van der Waals surface area contributed by atoms with Gasteiger partial charge in [0.25, 0.3) is 0 Å². The van der Waals surface area contributed by atoms with Gasteiger partial charge >= 0.3 is 0 Å². The lowest BCUT2D eigenvalue weighted by molar-refractivity contribution is 1.09. The molecule has 0 atom stereocenters. The zero-order valence-electron chi connectivity index (χ0n) is 48.6. The number of hydrogen-bond donors (Lipinski definition) is 0. The standard InChI is InChI=1S/C79H61N5/c1-47-28-48(2)33-61(32-47)57-20-24-73-65(40-57)66-41-58(62-34-49(3)29-50(4)35-62)21-25-74(66)83(73)77-44-69(79-81-70(55-16-12-10-13-17-55)45-71(82-79)56-18-14-11-15-19-56)72(80-9)46-78(77)84-75-26-22-59(63-36-51(5)30-52(6)37-63)42-67(75)68-43-60(23-27-76(68)84)64-38-53(7)31-54(8)39-64/h10-46H,1-8H3. The van der Waals surface area contributed by atoms with E-state index >= 15 is 0 Å². The van der Waals surface area contributed by atoms with E-state index in [2.05, 4.69) is 257 Å². The summed E-state index contributed by atoms with van der Waals surface area (Å²) in [5.74, 6) is 0.474. The van der Waals surface area contributed by atoms with E-state index in [-0.39, 0.29) is 0 Å². The molecule has 11 aromatic carbocycles. The molecular weight excluding hydrogens is 1020 g/mol. The number of aryl methyl sites for hydroxylation is 8. The maximum atomic E-state index is 9.16. The van der Waals surface area contributed by atoms with Crippen LogP contribution < -0.4 is 0 Å². The van der Waals surface area contributed by atoms with Gasteiger partial charge in [-0.25, -0.2) is 14.8 Å². The third kappa shape index (κ3) is 9.32. The fraction of sp³-hybridized carbons (Fsp3) is 0.101. The van der Waals surface area contributed by atoms with E-state index in [1.807, 2.05) is 36.4 Å². The van der Waals surface area contributed by atoms with Gasteiger partial charge in [-0.1, -0.05) is 202 Å².